The van der Waals surface area contributed by atoms with E-state index in [1.165, 1.54) is 5.56 Å². The van der Waals surface area contributed by atoms with Crippen LogP contribution in [0.1, 0.15) is 25.3 Å². The van der Waals surface area contributed by atoms with Crippen LogP contribution in [0.4, 0.5) is 5.69 Å². The number of hydrogen-bond acceptors (Lipinski definition) is 3. The molecule has 1 aromatic carbocycles. The van der Waals surface area contributed by atoms with Gasteiger partial charge < -0.3 is 15.3 Å². The highest BCUT2D eigenvalue weighted by atomic mass is 16.3. The third kappa shape index (κ3) is 2.45. The van der Waals surface area contributed by atoms with Gasteiger partial charge in [0, 0.05) is 25.2 Å². The predicted molar refractivity (Wildman–Crippen MR) is 74.0 cm³/mol. The van der Waals surface area contributed by atoms with Crippen LogP contribution in [0.15, 0.2) is 24.3 Å². The van der Waals surface area contributed by atoms with E-state index in [-0.39, 0.29) is 11.9 Å². The first-order valence-electron chi connectivity index (χ1n) is 6.91. The topological polar surface area (TPSA) is 52.6 Å². The lowest BCUT2D eigenvalue weighted by Crippen LogP contribution is -2.52. The molecule has 2 aliphatic heterocycles. The Bertz CT molecular complexity index is 474. The summed E-state index contributed by atoms with van der Waals surface area (Å²) >= 11 is 0. The van der Waals surface area contributed by atoms with Crippen LogP contribution in [0.2, 0.25) is 0 Å². The minimum Gasteiger partial charge on any atom is -0.388 e. The molecule has 0 aliphatic carbocycles. The molecule has 0 aromatic heterocycles. The summed E-state index contributed by atoms with van der Waals surface area (Å²) in [6.45, 7) is 3.01. The molecule has 19 heavy (non-hydrogen) atoms. The summed E-state index contributed by atoms with van der Waals surface area (Å²) in [4.78, 5) is 14.3. The van der Waals surface area contributed by atoms with Crippen LogP contribution in [0, 0.1) is 0 Å². The van der Waals surface area contributed by atoms with Gasteiger partial charge in [-0.1, -0.05) is 18.2 Å². The SMILES string of the molecule is CC1(O)CCCN(C(=O)[C@@H]2Cc3ccccc3N2)C1. The molecule has 2 heterocycles. The van der Waals surface area contributed by atoms with Crippen molar-refractivity contribution in [3.05, 3.63) is 29.8 Å². The molecule has 102 valence electrons. The van der Waals surface area contributed by atoms with Crippen LogP contribution in [0.5, 0.6) is 0 Å². The molecule has 3 rings (SSSR count). The van der Waals surface area contributed by atoms with E-state index in [9.17, 15) is 9.90 Å². The number of β-amino-alcohol motifs (C(OH)–C–C–N with tert-alkyl or cyclic N) is 1. The number of nitrogens with one attached hydrogen (secondary N) is 1. The van der Waals surface area contributed by atoms with E-state index >= 15 is 0 Å². The fraction of sp³-hybridized carbons (Fsp3) is 0.533. The van der Waals surface area contributed by atoms with Crippen molar-refractivity contribution in [2.45, 2.75) is 37.8 Å². The number of likely N-dealkylation sites (tertiary alicyclic amines) is 1. The number of amides is 1. The number of aliphatic hydroxyl groups is 1. The van der Waals surface area contributed by atoms with Crippen molar-refractivity contribution in [3.63, 3.8) is 0 Å². The summed E-state index contributed by atoms with van der Waals surface area (Å²) < 4.78 is 0. The highest BCUT2D eigenvalue weighted by Gasteiger charge is 2.35. The molecule has 1 fully saturated rings. The molecule has 0 bridgehead atoms. The van der Waals surface area contributed by atoms with E-state index in [2.05, 4.69) is 11.4 Å². The zero-order valence-electron chi connectivity index (χ0n) is 11.2. The van der Waals surface area contributed by atoms with Crippen LogP contribution in [-0.2, 0) is 11.2 Å². The molecule has 0 spiro atoms. The minimum atomic E-state index is -0.737. The molecular formula is C15H20N2O2. The first kappa shape index (κ1) is 12.5. The van der Waals surface area contributed by atoms with Gasteiger partial charge in [0.25, 0.3) is 0 Å². The number of benzene rings is 1. The summed E-state index contributed by atoms with van der Waals surface area (Å²) in [7, 11) is 0. The Labute approximate surface area is 113 Å². The number of carbonyl (C=O) groups excluding carboxylic acids is 1. The number of hydrogen-bond donors (Lipinski definition) is 2. The van der Waals surface area contributed by atoms with Crippen molar-refractivity contribution < 1.29 is 9.90 Å². The van der Waals surface area contributed by atoms with Crippen molar-refractivity contribution in [2.24, 2.45) is 0 Å². The van der Waals surface area contributed by atoms with Gasteiger partial charge in [-0.15, -0.1) is 0 Å². The molecule has 2 aliphatic rings. The van der Waals surface area contributed by atoms with E-state index in [1.54, 1.807) is 4.90 Å². The third-order valence-electron chi connectivity index (χ3n) is 4.06. The lowest BCUT2D eigenvalue weighted by Gasteiger charge is -2.38. The lowest BCUT2D eigenvalue weighted by molar-refractivity contribution is -0.138. The third-order valence-corrected chi connectivity index (χ3v) is 4.06. The Kier molecular flexibility index (Phi) is 2.97. The fourth-order valence-electron chi connectivity index (χ4n) is 3.08. The Morgan fingerprint density at radius 2 is 2.26 bits per heavy atom. The number of nitrogens with zero attached hydrogens (tertiary/aromatic N) is 1. The van der Waals surface area contributed by atoms with Crippen LogP contribution in [-0.4, -0.2) is 40.6 Å². The van der Waals surface area contributed by atoms with Gasteiger partial charge in [0.2, 0.25) is 5.91 Å². The van der Waals surface area contributed by atoms with E-state index in [1.807, 2.05) is 25.1 Å². The van der Waals surface area contributed by atoms with Crippen molar-refractivity contribution in [2.75, 3.05) is 18.4 Å². The van der Waals surface area contributed by atoms with Gasteiger partial charge in [-0.3, -0.25) is 4.79 Å². The van der Waals surface area contributed by atoms with Crippen LogP contribution in [0.25, 0.3) is 0 Å². The second kappa shape index (κ2) is 4.53. The van der Waals surface area contributed by atoms with Crippen molar-refractivity contribution in [1.29, 1.82) is 0 Å². The van der Waals surface area contributed by atoms with Crippen molar-refractivity contribution in [3.8, 4) is 0 Å². The van der Waals surface area contributed by atoms with Gasteiger partial charge in [-0.05, 0) is 31.4 Å². The molecular weight excluding hydrogens is 240 g/mol. The van der Waals surface area contributed by atoms with Gasteiger partial charge in [-0.2, -0.15) is 0 Å². The Balaban J connectivity index is 1.70. The number of rotatable bonds is 1. The van der Waals surface area contributed by atoms with Crippen LogP contribution >= 0.6 is 0 Å². The molecule has 0 radical (unpaired) electrons. The average molecular weight is 260 g/mol. The van der Waals surface area contributed by atoms with E-state index in [4.69, 9.17) is 0 Å². The maximum atomic E-state index is 12.5. The summed E-state index contributed by atoms with van der Waals surface area (Å²) in [5.74, 6) is 0.108. The monoisotopic (exact) mass is 260 g/mol. The largest absolute Gasteiger partial charge is 0.388 e. The van der Waals surface area contributed by atoms with E-state index < -0.39 is 5.60 Å². The predicted octanol–water partition coefficient (Wildman–Crippen LogP) is 1.40. The summed E-state index contributed by atoms with van der Waals surface area (Å²) in [6.07, 6.45) is 2.39. The van der Waals surface area contributed by atoms with Gasteiger partial charge >= 0.3 is 0 Å². The number of anilines is 1. The van der Waals surface area contributed by atoms with Gasteiger partial charge in [0.05, 0.1) is 5.60 Å². The molecule has 2 N–H and O–H groups in total. The first-order valence-corrected chi connectivity index (χ1v) is 6.91. The van der Waals surface area contributed by atoms with E-state index in [0.29, 0.717) is 6.54 Å². The maximum absolute atomic E-state index is 12.5. The summed E-state index contributed by atoms with van der Waals surface area (Å²) in [5, 5.41) is 13.4. The molecule has 1 saturated heterocycles. The van der Waals surface area contributed by atoms with E-state index in [0.717, 1.165) is 31.5 Å². The quantitative estimate of drug-likeness (QED) is 0.802. The van der Waals surface area contributed by atoms with Gasteiger partial charge in [-0.25, -0.2) is 0 Å². The van der Waals surface area contributed by atoms with Gasteiger partial charge in [0.1, 0.15) is 6.04 Å². The van der Waals surface area contributed by atoms with Gasteiger partial charge in [0.15, 0.2) is 0 Å². The smallest absolute Gasteiger partial charge is 0.245 e. The van der Waals surface area contributed by atoms with Crippen LogP contribution in [0.3, 0.4) is 0 Å². The first-order chi connectivity index (χ1) is 9.05. The standard InChI is InChI=1S/C15H20N2O2/c1-15(19)7-4-8-17(10-15)14(18)13-9-11-5-2-3-6-12(11)16-13/h2-3,5-6,13,16,19H,4,7-10H2,1H3/t13-,15?/m0/s1. The average Bonchev–Trinajstić information content (AvgIpc) is 2.80. The number of piperidine rings is 1. The van der Waals surface area contributed by atoms with Crippen molar-refractivity contribution >= 4 is 11.6 Å². The molecule has 1 unspecified atom stereocenters. The summed E-state index contributed by atoms with van der Waals surface area (Å²) in [6, 6.07) is 7.87. The molecule has 4 nitrogen and oxygen atoms in total. The normalized spacial score (nSPS) is 29.8. The minimum absolute atomic E-state index is 0.108. The molecule has 4 heteroatoms. The molecule has 2 atom stereocenters. The molecule has 0 saturated carbocycles. The van der Waals surface area contributed by atoms with Crippen LogP contribution < -0.4 is 5.32 Å². The second-order valence-corrected chi connectivity index (χ2v) is 5.92. The highest BCUT2D eigenvalue weighted by molar-refractivity contribution is 5.87. The molecule has 1 amide bonds. The Morgan fingerprint density at radius 3 is 3.00 bits per heavy atom. The second-order valence-electron chi connectivity index (χ2n) is 5.92. The lowest BCUT2D eigenvalue weighted by atomic mass is 9.94. The number of fused-ring (bicyclic) bond motifs is 1. The summed E-state index contributed by atoms with van der Waals surface area (Å²) in [5.41, 5.74) is 1.52. The Morgan fingerprint density at radius 1 is 1.47 bits per heavy atom. The zero-order valence-corrected chi connectivity index (χ0v) is 11.2. The maximum Gasteiger partial charge on any atom is 0.245 e. The fourth-order valence-corrected chi connectivity index (χ4v) is 3.08. The number of para-hydroxylation sites is 1. The zero-order chi connectivity index (χ0) is 13.5. The highest BCUT2D eigenvalue weighted by Crippen LogP contribution is 2.28. The Hall–Kier alpha value is -1.55. The molecule has 1 aromatic rings. The number of carbonyl (C=O) groups is 1. The van der Waals surface area contributed by atoms with Crippen molar-refractivity contribution in [1.82, 2.24) is 4.90 Å².